The fraction of sp³-hybridized carbons (Fsp3) is 0.929. The number of amides is 1. The number of rotatable bonds is 4. The molecule has 1 unspecified atom stereocenters. The fourth-order valence-electron chi connectivity index (χ4n) is 2.41. The molecule has 0 aromatic carbocycles. The molecule has 0 aromatic heterocycles. The zero-order valence-corrected chi connectivity index (χ0v) is 12.5. The van der Waals surface area contributed by atoms with Gasteiger partial charge in [-0.3, -0.25) is 4.79 Å². The third-order valence-electron chi connectivity index (χ3n) is 4.17. The maximum Gasteiger partial charge on any atom is 0.239 e. The van der Waals surface area contributed by atoms with Crippen LogP contribution in [0, 0.1) is 5.92 Å². The molecule has 1 heterocycles. The number of nitrogens with two attached hydrogens (primary N) is 1. The highest BCUT2D eigenvalue weighted by atomic mass is 16.2. The third kappa shape index (κ3) is 3.69. The van der Waals surface area contributed by atoms with Gasteiger partial charge in [0.15, 0.2) is 0 Å². The van der Waals surface area contributed by atoms with E-state index in [4.69, 9.17) is 5.73 Å². The van der Waals surface area contributed by atoms with Crippen molar-refractivity contribution in [1.29, 1.82) is 0 Å². The van der Waals surface area contributed by atoms with Crippen LogP contribution in [0.5, 0.6) is 0 Å². The Morgan fingerprint density at radius 3 is 2.11 bits per heavy atom. The van der Waals surface area contributed by atoms with Crippen LogP contribution in [-0.2, 0) is 4.79 Å². The van der Waals surface area contributed by atoms with E-state index in [0.717, 1.165) is 25.9 Å². The van der Waals surface area contributed by atoms with Crippen molar-refractivity contribution in [3.05, 3.63) is 0 Å². The van der Waals surface area contributed by atoms with Crippen molar-refractivity contribution in [2.75, 3.05) is 20.1 Å². The smallest absolute Gasteiger partial charge is 0.239 e. The van der Waals surface area contributed by atoms with Crippen molar-refractivity contribution in [3.8, 4) is 0 Å². The Bertz CT molecular complexity index is 270. The van der Waals surface area contributed by atoms with Gasteiger partial charge in [0.2, 0.25) is 5.91 Å². The Kier molecular flexibility index (Phi) is 5.60. The van der Waals surface area contributed by atoms with Crippen LogP contribution >= 0.6 is 0 Å². The van der Waals surface area contributed by atoms with Crippen LogP contribution in [-0.4, -0.2) is 54.0 Å². The van der Waals surface area contributed by atoms with Gasteiger partial charge >= 0.3 is 0 Å². The number of hydrogen-bond donors (Lipinski definition) is 1. The molecule has 0 aliphatic carbocycles. The first-order valence-electron chi connectivity index (χ1n) is 7.11. The molecule has 4 heteroatoms. The second-order valence-corrected chi connectivity index (χ2v) is 6.09. The van der Waals surface area contributed by atoms with Crippen LogP contribution in [0.2, 0.25) is 0 Å². The lowest BCUT2D eigenvalue weighted by Crippen LogP contribution is -2.52. The summed E-state index contributed by atoms with van der Waals surface area (Å²) in [5, 5.41) is 0. The minimum absolute atomic E-state index is 0.121. The van der Waals surface area contributed by atoms with Crippen LogP contribution in [0.4, 0.5) is 0 Å². The van der Waals surface area contributed by atoms with Gasteiger partial charge in [0.05, 0.1) is 6.04 Å². The van der Waals surface area contributed by atoms with Gasteiger partial charge < -0.3 is 15.5 Å². The van der Waals surface area contributed by atoms with Crippen LogP contribution in [0.15, 0.2) is 0 Å². The summed E-state index contributed by atoms with van der Waals surface area (Å²) in [6.45, 7) is 10.1. The summed E-state index contributed by atoms with van der Waals surface area (Å²) in [6, 6.07) is 0.823. The van der Waals surface area contributed by atoms with E-state index in [1.54, 1.807) is 0 Å². The molecule has 0 radical (unpaired) electrons. The standard InChI is InChI=1S/C14H29N3O/c1-10(2)13(15)14(18)17-8-6-12(7-9-17)16(5)11(3)4/h10-13H,6-9,15H2,1-5H3. The van der Waals surface area contributed by atoms with Crippen LogP contribution in [0.3, 0.4) is 0 Å². The molecule has 1 saturated heterocycles. The Labute approximate surface area is 111 Å². The zero-order chi connectivity index (χ0) is 13.9. The van der Waals surface area contributed by atoms with Crippen molar-refractivity contribution in [3.63, 3.8) is 0 Å². The van der Waals surface area contributed by atoms with Gasteiger partial charge in [0.25, 0.3) is 0 Å². The first kappa shape index (κ1) is 15.4. The molecular weight excluding hydrogens is 226 g/mol. The third-order valence-corrected chi connectivity index (χ3v) is 4.17. The van der Waals surface area contributed by atoms with Gasteiger partial charge in [-0.2, -0.15) is 0 Å². The Balaban J connectivity index is 2.46. The maximum atomic E-state index is 12.1. The van der Waals surface area contributed by atoms with E-state index < -0.39 is 0 Å². The summed E-state index contributed by atoms with van der Waals surface area (Å²) in [6.07, 6.45) is 2.12. The molecule has 1 atom stereocenters. The first-order chi connectivity index (χ1) is 8.34. The number of carbonyl (C=O) groups excluding carboxylic acids is 1. The quantitative estimate of drug-likeness (QED) is 0.824. The predicted molar refractivity (Wildman–Crippen MR) is 75.3 cm³/mol. The highest BCUT2D eigenvalue weighted by Crippen LogP contribution is 2.18. The van der Waals surface area contributed by atoms with Gasteiger partial charge in [-0.15, -0.1) is 0 Å². The van der Waals surface area contributed by atoms with Crippen molar-refractivity contribution < 1.29 is 4.79 Å². The average Bonchev–Trinajstić information content (AvgIpc) is 2.36. The molecule has 1 amide bonds. The molecule has 0 aromatic rings. The Morgan fingerprint density at radius 2 is 1.72 bits per heavy atom. The second-order valence-electron chi connectivity index (χ2n) is 6.09. The van der Waals surface area contributed by atoms with Gasteiger partial charge in [0, 0.05) is 25.2 Å². The van der Waals surface area contributed by atoms with E-state index >= 15 is 0 Å². The second kappa shape index (κ2) is 6.53. The molecule has 106 valence electrons. The van der Waals surface area contributed by atoms with Crippen molar-refractivity contribution >= 4 is 5.91 Å². The van der Waals surface area contributed by atoms with E-state index in [2.05, 4.69) is 25.8 Å². The van der Waals surface area contributed by atoms with E-state index in [-0.39, 0.29) is 17.9 Å². The lowest BCUT2D eigenvalue weighted by atomic mass is 9.99. The van der Waals surface area contributed by atoms with E-state index in [1.165, 1.54) is 0 Å². The topological polar surface area (TPSA) is 49.6 Å². The minimum Gasteiger partial charge on any atom is -0.341 e. The lowest BCUT2D eigenvalue weighted by Gasteiger charge is -2.39. The van der Waals surface area contributed by atoms with Crippen molar-refractivity contribution in [1.82, 2.24) is 9.80 Å². The lowest BCUT2D eigenvalue weighted by molar-refractivity contribution is -0.135. The highest BCUT2D eigenvalue weighted by Gasteiger charge is 2.29. The normalized spacial score (nSPS) is 19.9. The molecule has 1 aliphatic rings. The summed E-state index contributed by atoms with van der Waals surface area (Å²) in [5.74, 6) is 0.337. The van der Waals surface area contributed by atoms with Crippen molar-refractivity contribution in [2.24, 2.45) is 11.7 Å². The largest absolute Gasteiger partial charge is 0.341 e. The number of nitrogens with zero attached hydrogens (tertiary/aromatic N) is 2. The Hall–Kier alpha value is -0.610. The zero-order valence-electron chi connectivity index (χ0n) is 12.5. The molecule has 1 fully saturated rings. The average molecular weight is 255 g/mol. The van der Waals surface area contributed by atoms with E-state index in [0.29, 0.717) is 12.1 Å². The van der Waals surface area contributed by atoms with Gasteiger partial charge in [-0.25, -0.2) is 0 Å². The summed E-state index contributed by atoms with van der Waals surface area (Å²) in [4.78, 5) is 16.5. The summed E-state index contributed by atoms with van der Waals surface area (Å²) < 4.78 is 0. The number of carbonyl (C=O) groups is 1. The van der Waals surface area contributed by atoms with E-state index in [9.17, 15) is 4.79 Å². The number of hydrogen-bond acceptors (Lipinski definition) is 3. The number of likely N-dealkylation sites (tertiary alicyclic amines) is 1. The molecule has 0 spiro atoms. The molecule has 1 aliphatic heterocycles. The van der Waals surface area contributed by atoms with Crippen molar-refractivity contribution in [2.45, 2.75) is 58.7 Å². The molecule has 2 N–H and O–H groups in total. The fourth-order valence-corrected chi connectivity index (χ4v) is 2.41. The summed E-state index contributed by atoms with van der Waals surface area (Å²) >= 11 is 0. The minimum atomic E-state index is -0.343. The van der Waals surface area contributed by atoms with Crippen LogP contribution in [0.25, 0.3) is 0 Å². The van der Waals surface area contributed by atoms with E-state index in [1.807, 2.05) is 18.7 Å². The summed E-state index contributed by atoms with van der Waals surface area (Å²) in [7, 11) is 2.17. The number of piperidine rings is 1. The van der Waals surface area contributed by atoms with Gasteiger partial charge in [-0.05, 0) is 39.7 Å². The summed E-state index contributed by atoms with van der Waals surface area (Å²) in [5.41, 5.74) is 5.93. The molecule has 0 bridgehead atoms. The first-order valence-corrected chi connectivity index (χ1v) is 7.11. The predicted octanol–water partition coefficient (Wildman–Crippen LogP) is 1.30. The molecule has 4 nitrogen and oxygen atoms in total. The maximum absolute atomic E-state index is 12.1. The Morgan fingerprint density at radius 1 is 1.22 bits per heavy atom. The molecular formula is C14H29N3O. The SMILES string of the molecule is CC(C)C(N)C(=O)N1CCC(N(C)C(C)C)CC1. The van der Waals surface area contributed by atoms with Gasteiger partial charge in [0.1, 0.15) is 0 Å². The van der Waals surface area contributed by atoms with Crippen LogP contribution in [0.1, 0.15) is 40.5 Å². The molecule has 1 rings (SSSR count). The molecule has 18 heavy (non-hydrogen) atoms. The van der Waals surface area contributed by atoms with Crippen LogP contribution < -0.4 is 5.73 Å². The van der Waals surface area contributed by atoms with Gasteiger partial charge in [-0.1, -0.05) is 13.8 Å². The molecule has 0 saturated carbocycles. The monoisotopic (exact) mass is 255 g/mol. The highest BCUT2D eigenvalue weighted by molar-refractivity contribution is 5.82.